The van der Waals surface area contributed by atoms with Gasteiger partial charge in [0.2, 0.25) is 0 Å². The zero-order valence-electron chi connectivity index (χ0n) is 5.50. The van der Waals surface area contributed by atoms with Gasteiger partial charge >= 0.3 is 0 Å². The summed E-state index contributed by atoms with van der Waals surface area (Å²) < 4.78 is 0.659. The highest BCUT2D eigenvalue weighted by molar-refractivity contribution is 9.10. The number of hydrogen-bond acceptors (Lipinski definition) is 3. The van der Waals surface area contributed by atoms with Crippen molar-refractivity contribution in [2.75, 3.05) is 5.73 Å². The monoisotopic (exact) mass is 212 g/mol. The number of anilines is 1. The van der Waals surface area contributed by atoms with E-state index in [0.717, 1.165) is 0 Å². The highest BCUT2D eigenvalue weighted by atomic mass is 79.9. The summed E-state index contributed by atoms with van der Waals surface area (Å²) in [6.07, 6.45) is 0. The van der Waals surface area contributed by atoms with E-state index in [0.29, 0.717) is 4.47 Å². The molecule has 11 heavy (non-hydrogen) atoms. The quantitative estimate of drug-likeness (QED) is 0.643. The summed E-state index contributed by atoms with van der Waals surface area (Å²) in [7, 11) is 0. The van der Waals surface area contributed by atoms with Crippen LogP contribution in [-0.2, 0) is 0 Å². The molecule has 1 aromatic carbocycles. The minimum Gasteiger partial charge on any atom is -0.506 e. The van der Waals surface area contributed by atoms with E-state index in [1.807, 2.05) is 0 Å². The summed E-state index contributed by atoms with van der Waals surface area (Å²) in [6, 6.07) is 4.79. The SMILES string of the molecule is N#Cc1c(N)cc(Br)cc1O. The number of halogens is 1. The van der Waals surface area contributed by atoms with Gasteiger partial charge in [0, 0.05) is 4.47 Å². The first-order valence-electron chi connectivity index (χ1n) is 2.83. The number of rotatable bonds is 0. The lowest BCUT2D eigenvalue weighted by atomic mass is 10.2. The Labute approximate surface area is 72.2 Å². The molecule has 0 aliphatic rings. The van der Waals surface area contributed by atoms with Crippen LogP contribution in [0.1, 0.15) is 5.56 Å². The average Bonchev–Trinajstić information content (AvgIpc) is 1.85. The van der Waals surface area contributed by atoms with Crippen LogP contribution < -0.4 is 5.73 Å². The van der Waals surface area contributed by atoms with Crippen LogP contribution in [0.3, 0.4) is 0 Å². The molecule has 4 heteroatoms. The van der Waals surface area contributed by atoms with Gasteiger partial charge in [-0.3, -0.25) is 0 Å². The summed E-state index contributed by atoms with van der Waals surface area (Å²) >= 11 is 3.13. The number of nitrogens with zero attached hydrogens (tertiary/aromatic N) is 1. The van der Waals surface area contributed by atoms with Crippen molar-refractivity contribution >= 4 is 21.6 Å². The Bertz CT molecular complexity index is 307. The fourth-order valence-electron chi connectivity index (χ4n) is 0.735. The molecule has 3 N–H and O–H groups in total. The van der Waals surface area contributed by atoms with Crippen LogP contribution in [0, 0.1) is 11.3 Å². The molecule has 0 fully saturated rings. The van der Waals surface area contributed by atoms with Crippen LogP contribution in [0.25, 0.3) is 0 Å². The fraction of sp³-hybridized carbons (Fsp3) is 0. The van der Waals surface area contributed by atoms with E-state index < -0.39 is 0 Å². The largest absolute Gasteiger partial charge is 0.506 e. The number of phenols is 1. The third-order valence-electron chi connectivity index (χ3n) is 1.22. The van der Waals surface area contributed by atoms with Gasteiger partial charge in [-0.2, -0.15) is 5.26 Å². The smallest absolute Gasteiger partial charge is 0.136 e. The van der Waals surface area contributed by atoms with Gasteiger partial charge in [-0.1, -0.05) is 15.9 Å². The molecule has 0 unspecified atom stereocenters. The molecule has 0 saturated carbocycles. The molecule has 0 aliphatic heterocycles. The van der Waals surface area contributed by atoms with Crippen LogP contribution in [0.15, 0.2) is 16.6 Å². The van der Waals surface area contributed by atoms with Crippen LogP contribution in [-0.4, -0.2) is 5.11 Å². The number of nitriles is 1. The molecule has 0 radical (unpaired) electrons. The molecule has 3 nitrogen and oxygen atoms in total. The Morgan fingerprint density at radius 1 is 1.55 bits per heavy atom. The maximum atomic E-state index is 9.14. The van der Waals surface area contributed by atoms with Crippen molar-refractivity contribution in [1.82, 2.24) is 0 Å². The van der Waals surface area contributed by atoms with Crippen LogP contribution >= 0.6 is 15.9 Å². The molecule has 0 aromatic heterocycles. The van der Waals surface area contributed by atoms with Crippen molar-refractivity contribution in [3.05, 3.63) is 22.2 Å². The molecule has 0 amide bonds. The van der Waals surface area contributed by atoms with Gasteiger partial charge in [-0.05, 0) is 12.1 Å². The predicted molar refractivity (Wildman–Crippen MR) is 44.9 cm³/mol. The van der Waals surface area contributed by atoms with Gasteiger partial charge in [0.25, 0.3) is 0 Å². The summed E-state index contributed by atoms with van der Waals surface area (Å²) in [5, 5.41) is 17.6. The maximum Gasteiger partial charge on any atom is 0.136 e. The molecule has 0 atom stereocenters. The molecule has 0 spiro atoms. The van der Waals surface area contributed by atoms with Crippen molar-refractivity contribution in [1.29, 1.82) is 5.26 Å². The van der Waals surface area contributed by atoms with Crippen molar-refractivity contribution in [2.24, 2.45) is 0 Å². The van der Waals surface area contributed by atoms with Gasteiger partial charge in [-0.25, -0.2) is 0 Å². The molecule has 0 aliphatic carbocycles. The Morgan fingerprint density at radius 3 is 2.64 bits per heavy atom. The minimum absolute atomic E-state index is 0.0978. The zero-order valence-corrected chi connectivity index (χ0v) is 7.09. The number of phenolic OH excluding ortho intramolecular Hbond substituents is 1. The first-order chi connectivity index (χ1) is 5.15. The maximum absolute atomic E-state index is 9.14. The molecular weight excluding hydrogens is 208 g/mol. The van der Waals surface area contributed by atoms with Crippen molar-refractivity contribution in [3.63, 3.8) is 0 Å². The average molecular weight is 213 g/mol. The van der Waals surface area contributed by atoms with Crippen molar-refractivity contribution < 1.29 is 5.11 Å². The van der Waals surface area contributed by atoms with E-state index in [1.54, 1.807) is 12.1 Å². The Morgan fingerprint density at radius 2 is 2.18 bits per heavy atom. The van der Waals surface area contributed by atoms with Gasteiger partial charge in [0.1, 0.15) is 17.4 Å². The predicted octanol–water partition coefficient (Wildman–Crippen LogP) is 1.61. The molecule has 0 heterocycles. The molecule has 1 rings (SSSR count). The second-order valence-electron chi connectivity index (χ2n) is 2.00. The van der Waals surface area contributed by atoms with E-state index in [9.17, 15) is 0 Å². The summed E-state index contributed by atoms with van der Waals surface area (Å²) in [6.45, 7) is 0. The topological polar surface area (TPSA) is 70.0 Å². The summed E-state index contributed by atoms with van der Waals surface area (Å²) in [4.78, 5) is 0. The van der Waals surface area contributed by atoms with E-state index in [-0.39, 0.29) is 17.0 Å². The highest BCUT2D eigenvalue weighted by Gasteiger charge is 2.04. The minimum atomic E-state index is -0.0978. The summed E-state index contributed by atoms with van der Waals surface area (Å²) in [5.74, 6) is -0.0978. The van der Waals surface area contributed by atoms with Gasteiger partial charge in [0.15, 0.2) is 0 Å². The van der Waals surface area contributed by atoms with Crippen LogP contribution in [0.2, 0.25) is 0 Å². The number of nitrogens with two attached hydrogens (primary N) is 1. The first kappa shape index (κ1) is 7.89. The second-order valence-corrected chi connectivity index (χ2v) is 2.92. The number of hydrogen-bond donors (Lipinski definition) is 2. The van der Waals surface area contributed by atoms with E-state index >= 15 is 0 Å². The van der Waals surface area contributed by atoms with Gasteiger partial charge < -0.3 is 10.8 Å². The molecule has 0 bridgehead atoms. The lowest BCUT2D eigenvalue weighted by Gasteiger charge is -2.00. The second kappa shape index (κ2) is 2.81. The molecule has 0 saturated heterocycles. The van der Waals surface area contributed by atoms with Crippen molar-refractivity contribution in [2.45, 2.75) is 0 Å². The van der Waals surface area contributed by atoms with Crippen molar-refractivity contribution in [3.8, 4) is 11.8 Å². The lowest BCUT2D eigenvalue weighted by Crippen LogP contribution is -1.90. The number of nitrogen functional groups attached to an aromatic ring is 1. The fourth-order valence-corrected chi connectivity index (χ4v) is 1.20. The van der Waals surface area contributed by atoms with E-state index in [2.05, 4.69) is 15.9 Å². The third-order valence-corrected chi connectivity index (χ3v) is 1.68. The highest BCUT2D eigenvalue weighted by Crippen LogP contribution is 2.27. The van der Waals surface area contributed by atoms with Crippen LogP contribution in [0.5, 0.6) is 5.75 Å². The molecular formula is C7H5BrN2O. The first-order valence-corrected chi connectivity index (χ1v) is 3.62. The molecule has 1 aromatic rings. The number of aromatic hydroxyl groups is 1. The molecule has 56 valence electrons. The van der Waals surface area contributed by atoms with E-state index in [1.165, 1.54) is 6.07 Å². The number of benzene rings is 1. The third kappa shape index (κ3) is 1.44. The zero-order chi connectivity index (χ0) is 8.43. The Hall–Kier alpha value is -1.21. The summed E-state index contributed by atoms with van der Waals surface area (Å²) in [5.41, 5.74) is 5.82. The standard InChI is InChI=1S/C7H5BrN2O/c8-4-1-6(10)5(3-9)7(11)2-4/h1-2,11H,10H2. The van der Waals surface area contributed by atoms with E-state index in [4.69, 9.17) is 16.1 Å². The van der Waals surface area contributed by atoms with Gasteiger partial charge in [-0.15, -0.1) is 0 Å². The Balaban J connectivity index is 3.40. The normalized spacial score (nSPS) is 9.09. The van der Waals surface area contributed by atoms with Crippen LogP contribution in [0.4, 0.5) is 5.69 Å². The van der Waals surface area contributed by atoms with Gasteiger partial charge in [0.05, 0.1) is 5.69 Å². The lowest BCUT2D eigenvalue weighted by molar-refractivity contribution is 0.473. The Kier molecular flexibility index (Phi) is 2.01.